The van der Waals surface area contributed by atoms with Crippen molar-refractivity contribution < 1.29 is 9.53 Å². The molecule has 6 nitrogen and oxygen atoms in total. The third-order valence-electron chi connectivity index (χ3n) is 6.36. The van der Waals surface area contributed by atoms with Crippen molar-refractivity contribution in [2.75, 3.05) is 27.5 Å². The molecule has 0 spiro atoms. The summed E-state index contributed by atoms with van der Waals surface area (Å²) in [6.45, 7) is 4.09. The number of aromatic nitrogens is 1. The summed E-state index contributed by atoms with van der Waals surface area (Å²) in [7, 11) is 0. The van der Waals surface area contributed by atoms with Gasteiger partial charge in [0.2, 0.25) is 0 Å². The normalized spacial score (nSPS) is 10.9. The van der Waals surface area contributed by atoms with Crippen molar-refractivity contribution >= 4 is 73.9 Å². The summed E-state index contributed by atoms with van der Waals surface area (Å²) in [5, 5.41) is 8.49. The Morgan fingerprint density at radius 1 is 0.868 bits per heavy atom. The molecule has 38 heavy (non-hydrogen) atoms. The van der Waals surface area contributed by atoms with Crippen LogP contribution >= 0.6 is 23.2 Å². The van der Waals surface area contributed by atoms with Gasteiger partial charge in [0.05, 0.1) is 28.7 Å². The number of benzene rings is 4. The number of aryl methyl sites for hydroxylation is 2. The zero-order valence-corrected chi connectivity index (χ0v) is 22.5. The highest BCUT2D eigenvalue weighted by molar-refractivity contribution is 6.22. The first-order valence-electron chi connectivity index (χ1n) is 12.1. The minimum absolute atomic E-state index is 0.263. The van der Waals surface area contributed by atoms with Crippen LogP contribution in [-0.2, 0) is 0 Å². The SMILES string of the molecule is Cc1ccc(NC(=O)Oc2ccc(N(CCl)CCl)cc2)cc1Nc1c2ccccc2nc2c(C)cccc12. The summed E-state index contributed by atoms with van der Waals surface area (Å²) < 4.78 is 5.47. The Labute approximate surface area is 231 Å². The lowest BCUT2D eigenvalue weighted by Gasteiger charge is -2.18. The van der Waals surface area contributed by atoms with Gasteiger partial charge in [0, 0.05) is 27.8 Å². The number of nitrogens with one attached hydrogen (secondary N) is 2. The lowest BCUT2D eigenvalue weighted by Crippen LogP contribution is -2.19. The number of anilines is 4. The van der Waals surface area contributed by atoms with E-state index in [4.69, 9.17) is 32.9 Å². The van der Waals surface area contributed by atoms with Crippen LogP contribution in [0.25, 0.3) is 21.8 Å². The molecule has 0 unspecified atom stereocenters. The molecule has 0 bridgehead atoms. The number of pyridine rings is 1. The van der Waals surface area contributed by atoms with E-state index in [2.05, 4.69) is 35.8 Å². The molecule has 0 aliphatic rings. The second-order valence-corrected chi connectivity index (χ2v) is 9.40. The van der Waals surface area contributed by atoms with Gasteiger partial charge in [0.1, 0.15) is 5.75 Å². The summed E-state index contributed by atoms with van der Waals surface area (Å²) in [5.41, 5.74) is 7.29. The number of halogens is 2. The molecule has 0 fully saturated rings. The molecule has 1 aromatic heterocycles. The van der Waals surface area contributed by atoms with Gasteiger partial charge in [-0.15, -0.1) is 23.2 Å². The van der Waals surface area contributed by atoms with Crippen LogP contribution in [0.4, 0.5) is 27.5 Å². The fourth-order valence-electron chi connectivity index (χ4n) is 4.31. The quantitative estimate of drug-likeness (QED) is 0.122. The number of carbonyl (C=O) groups excluding carboxylic acids is 1. The average Bonchev–Trinajstić information content (AvgIpc) is 2.92. The van der Waals surface area contributed by atoms with Crippen LogP contribution in [0.15, 0.2) is 84.9 Å². The molecule has 192 valence electrons. The minimum atomic E-state index is -0.588. The zero-order valence-electron chi connectivity index (χ0n) is 21.0. The van der Waals surface area contributed by atoms with E-state index in [0.717, 1.165) is 50.0 Å². The molecule has 0 aliphatic heterocycles. The minimum Gasteiger partial charge on any atom is -0.410 e. The van der Waals surface area contributed by atoms with Gasteiger partial charge in [-0.3, -0.25) is 5.32 Å². The summed E-state index contributed by atoms with van der Waals surface area (Å²) in [6.07, 6.45) is -0.588. The maximum Gasteiger partial charge on any atom is 0.417 e. The number of hydrogen-bond acceptors (Lipinski definition) is 5. The van der Waals surface area contributed by atoms with Gasteiger partial charge in [-0.05, 0) is 67.4 Å². The second-order valence-electron chi connectivity index (χ2n) is 8.92. The molecule has 4 aromatic carbocycles. The van der Waals surface area contributed by atoms with E-state index >= 15 is 0 Å². The number of amides is 1. The monoisotopic (exact) mass is 544 g/mol. The van der Waals surface area contributed by atoms with Crippen LogP contribution < -0.4 is 20.3 Å². The first-order valence-corrected chi connectivity index (χ1v) is 13.1. The molecule has 5 rings (SSSR count). The zero-order chi connectivity index (χ0) is 26.6. The van der Waals surface area contributed by atoms with Gasteiger partial charge in [-0.25, -0.2) is 9.78 Å². The van der Waals surface area contributed by atoms with Crippen molar-refractivity contribution in [1.82, 2.24) is 4.98 Å². The maximum atomic E-state index is 12.6. The van der Waals surface area contributed by atoms with Gasteiger partial charge < -0.3 is 15.0 Å². The van der Waals surface area contributed by atoms with Gasteiger partial charge in [0.25, 0.3) is 0 Å². The van der Waals surface area contributed by atoms with Crippen molar-refractivity contribution in [3.05, 3.63) is 96.1 Å². The number of ether oxygens (including phenoxy) is 1. The average molecular weight is 545 g/mol. The van der Waals surface area contributed by atoms with E-state index in [-0.39, 0.29) is 12.0 Å². The number of para-hydroxylation sites is 2. The Balaban J connectivity index is 1.39. The second kappa shape index (κ2) is 11.2. The predicted molar refractivity (Wildman–Crippen MR) is 158 cm³/mol. The molecule has 0 saturated heterocycles. The Morgan fingerprint density at radius 2 is 1.61 bits per heavy atom. The summed E-state index contributed by atoms with van der Waals surface area (Å²) in [6, 6.07) is 27.5. The van der Waals surface area contributed by atoms with Gasteiger partial charge in [-0.1, -0.05) is 42.5 Å². The molecular formula is C30H26Cl2N4O2. The lowest BCUT2D eigenvalue weighted by molar-refractivity contribution is 0.215. The molecule has 2 N–H and O–H groups in total. The molecule has 0 atom stereocenters. The highest BCUT2D eigenvalue weighted by Gasteiger charge is 2.13. The van der Waals surface area contributed by atoms with E-state index in [9.17, 15) is 4.79 Å². The van der Waals surface area contributed by atoms with Gasteiger partial charge in [-0.2, -0.15) is 0 Å². The molecule has 1 heterocycles. The molecule has 8 heteroatoms. The molecule has 0 saturated carbocycles. The first kappa shape index (κ1) is 25.6. The highest BCUT2D eigenvalue weighted by atomic mass is 35.5. The Morgan fingerprint density at radius 3 is 2.37 bits per heavy atom. The Bertz CT molecular complexity index is 1620. The molecule has 0 aliphatic carbocycles. The maximum absolute atomic E-state index is 12.6. The molecular weight excluding hydrogens is 519 g/mol. The van der Waals surface area contributed by atoms with Gasteiger partial charge >= 0.3 is 6.09 Å². The van der Waals surface area contributed by atoms with Crippen molar-refractivity contribution in [1.29, 1.82) is 0 Å². The van der Waals surface area contributed by atoms with Gasteiger partial charge in [0.15, 0.2) is 0 Å². The van der Waals surface area contributed by atoms with Crippen LogP contribution in [-0.4, -0.2) is 23.1 Å². The van der Waals surface area contributed by atoms with Crippen molar-refractivity contribution in [2.45, 2.75) is 13.8 Å². The number of hydrogen-bond donors (Lipinski definition) is 2. The van der Waals surface area contributed by atoms with Crippen molar-refractivity contribution in [3.8, 4) is 5.75 Å². The Kier molecular flexibility index (Phi) is 7.54. The first-order chi connectivity index (χ1) is 18.5. The number of carbonyl (C=O) groups is 1. The summed E-state index contributed by atoms with van der Waals surface area (Å²) in [4.78, 5) is 19.3. The largest absolute Gasteiger partial charge is 0.417 e. The third kappa shape index (κ3) is 5.32. The molecule has 1 amide bonds. The van der Waals surface area contributed by atoms with Crippen LogP contribution in [0.3, 0.4) is 0 Å². The van der Waals surface area contributed by atoms with E-state index in [1.807, 2.05) is 49.4 Å². The lowest BCUT2D eigenvalue weighted by atomic mass is 10.0. The van der Waals surface area contributed by atoms with Crippen molar-refractivity contribution in [3.63, 3.8) is 0 Å². The van der Waals surface area contributed by atoms with E-state index in [0.29, 0.717) is 11.4 Å². The predicted octanol–water partition coefficient (Wildman–Crippen LogP) is 8.56. The highest BCUT2D eigenvalue weighted by Crippen LogP contribution is 2.35. The smallest absolute Gasteiger partial charge is 0.410 e. The standard InChI is InChI=1S/C30H26Cl2N4O2/c1-19-10-11-21(33-30(37)38-23-14-12-22(13-15-23)36(17-31)18-32)16-27(19)35-29-24-7-3-4-9-26(24)34-28-20(2)6-5-8-25(28)29/h3-16H,17-18H2,1-2H3,(H,33,37)(H,34,35). The van der Waals surface area contributed by atoms with Crippen molar-refractivity contribution in [2.24, 2.45) is 0 Å². The number of alkyl halides is 2. The fourth-order valence-corrected chi connectivity index (χ4v) is 4.84. The topological polar surface area (TPSA) is 66.5 Å². The molecule has 5 aromatic rings. The van der Waals surface area contributed by atoms with E-state index in [1.54, 1.807) is 29.2 Å². The van der Waals surface area contributed by atoms with Crippen LogP contribution in [0.5, 0.6) is 5.75 Å². The number of rotatable bonds is 7. The summed E-state index contributed by atoms with van der Waals surface area (Å²) in [5.74, 6) is 0.408. The van der Waals surface area contributed by atoms with Crippen LogP contribution in [0, 0.1) is 13.8 Å². The number of fused-ring (bicyclic) bond motifs is 2. The van der Waals surface area contributed by atoms with Crippen LogP contribution in [0.1, 0.15) is 11.1 Å². The number of nitrogens with zero attached hydrogens (tertiary/aromatic N) is 2. The summed E-state index contributed by atoms with van der Waals surface area (Å²) >= 11 is 11.8. The fraction of sp³-hybridized carbons (Fsp3) is 0.133. The van der Waals surface area contributed by atoms with Crippen LogP contribution in [0.2, 0.25) is 0 Å². The van der Waals surface area contributed by atoms with E-state index < -0.39 is 6.09 Å². The Hall–Kier alpha value is -4.00. The third-order valence-corrected chi connectivity index (χ3v) is 6.93. The van der Waals surface area contributed by atoms with E-state index in [1.165, 1.54) is 0 Å². The molecule has 0 radical (unpaired) electrons.